The van der Waals surface area contributed by atoms with E-state index in [1.165, 1.54) is 38.5 Å². The van der Waals surface area contributed by atoms with Crippen LogP contribution in [0, 0.1) is 0 Å². The maximum absolute atomic E-state index is 11.9. The molecule has 4 nitrogen and oxygen atoms in total. The lowest BCUT2D eigenvalue weighted by molar-refractivity contribution is -0.121. The van der Waals surface area contributed by atoms with E-state index in [4.69, 9.17) is 4.74 Å². The minimum atomic E-state index is 0. The first-order valence-corrected chi connectivity index (χ1v) is 8.91. The molecule has 0 spiro atoms. The lowest BCUT2D eigenvalue weighted by Gasteiger charge is -2.16. The van der Waals surface area contributed by atoms with Gasteiger partial charge in [0.25, 0.3) is 0 Å². The highest BCUT2D eigenvalue weighted by Crippen LogP contribution is 2.16. The molecule has 0 saturated heterocycles. The summed E-state index contributed by atoms with van der Waals surface area (Å²) in [4.78, 5) is 11.9. The number of benzene rings is 1. The highest BCUT2D eigenvalue weighted by Gasteiger charge is 2.11. The SMILES string of the molecule is COc1ccc(CCC(=O)NCCNC2CCCCCC2)cc1.Cl. The molecule has 1 saturated carbocycles. The summed E-state index contributed by atoms with van der Waals surface area (Å²) in [5, 5.41) is 6.58. The quantitative estimate of drug-likeness (QED) is 0.555. The van der Waals surface area contributed by atoms with Crippen molar-refractivity contribution >= 4 is 18.3 Å². The number of hydrogen-bond acceptors (Lipinski definition) is 3. The van der Waals surface area contributed by atoms with Crippen molar-refractivity contribution in [2.45, 2.75) is 57.4 Å². The summed E-state index contributed by atoms with van der Waals surface area (Å²) in [6, 6.07) is 8.54. The summed E-state index contributed by atoms with van der Waals surface area (Å²) in [5.41, 5.74) is 1.16. The highest BCUT2D eigenvalue weighted by atomic mass is 35.5. The van der Waals surface area contributed by atoms with Gasteiger partial charge in [0.2, 0.25) is 5.91 Å². The van der Waals surface area contributed by atoms with Gasteiger partial charge < -0.3 is 15.4 Å². The van der Waals surface area contributed by atoms with Crippen LogP contribution < -0.4 is 15.4 Å². The molecule has 2 N–H and O–H groups in total. The van der Waals surface area contributed by atoms with Crippen molar-refractivity contribution in [2.75, 3.05) is 20.2 Å². The molecule has 0 aliphatic heterocycles. The first-order valence-electron chi connectivity index (χ1n) is 8.91. The van der Waals surface area contributed by atoms with Crippen molar-refractivity contribution in [1.29, 1.82) is 0 Å². The second kappa shape index (κ2) is 12.2. The Kier molecular flexibility index (Phi) is 10.5. The van der Waals surface area contributed by atoms with Gasteiger partial charge in [0.05, 0.1) is 7.11 Å². The maximum Gasteiger partial charge on any atom is 0.220 e. The number of amides is 1. The number of carbonyl (C=O) groups excluding carboxylic acids is 1. The Morgan fingerprint density at radius 1 is 1.08 bits per heavy atom. The summed E-state index contributed by atoms with van der Waals surface area (Å²) in [6.07, 6.45) is 9.30. The molecule has 0 aromatic heterocycles. The van der Waals surface area contributed by atoms with Crippen LogP contribution in [0.25, 0.3) is 0 Å². The van der Waals surface area contributed by atoms with Crippen molar-refractivity contribution in [1.82, 2.24) is 10.6 Å². The van der Waals surface area contributed by atoms with Gasteiger partial charge in [-0.2, -0.15) is 0 Å². The van der Waals surface area contributed by atoms with E-state index in [0.717, 1.165) is 30.8 Å². The average Bonchev–Trinajstić information content (AvgIpc) is 2.86. The number of halogens is 1. The monoisotopic (exact) mass is 354 g/mol. The Hall–Kier alpha value is -1.26. The average molecular weight is 355 g/mol. The lowest BCUT2D eigenvalue weighted by Crippen LogP contribution is -2.36. The van der Waals surface area contributed by atoms with Crippen LogP contribution in [0.2, 0.25) is 0 Å². The Bertz CT molecular complexity index is 457. The van der Waals surface area contributed by atoms with Gasteiger partial charge in [-0.05, 0) is 37.0 Å². The molecule has 5 heteroatoms. The van der Waals surface area contributed by atoms with Gasteiger partial charge in [-0.1, -0.05) is 37.8 Å². The van der Waals surface area contributed by atoms with E-state index >= 15 is 0 Å². The molecule has 1 aliphatic rings. The Labute approximate surface area is 152 Å². The van der Waals surface area contributed by atoms with Crippen molar-refractivity contribution in [3.05, 3.63) is 29.8 Å². The zero-order chi connectivity index (χ0) is 16.3. The fourth-order valence-electron chi connectivity index (χ4n) is 3.10. The fraction of sp³-hybridized carbons (Fsp3) is 0.632. The van der Waals surface area contributed by atoms with Crippen LogP contribution in [0.3, 0.4) is 0 Å². The normalized spacial score (nSPS) is 15.2. The minimum absolute atomic E-state index is 0. The number of rotatable bonds is 8. The molecule has 1 aromatic rings. The number of aryl methyl sites for hydroxylation is 1. The molecule has 0 atom stereocenters. The van der Waals surface area contributed by atoms with Crippen molar-refractivity contribution < 1.29 is 9.53 Å². The van der Waals surface area contributed by atoms with Crippen LogP contribution in [0.5, 0.6) is 5.75 Å². The first-order chi connectivity index (χ1) is 11.3. The smallest absolute Gasteiger partial charge is 0.220 e. The van der Waals surface area contributed by atoms with Crippen LogP contribution in [0.15, 0.2) is 24.3 Å². The van der Waals surface area contributed by atoms with Crippen LogP contribution in [0.1, 0.15) is 50.5 Å². The van der Waals surface area contributed by atoms with Gasteiger partial charge in [0.15, 0.2) is 0 Å². The topological polar surface area (TPSA) is 50.4 Å². The van der Waals surface area contributed by atoms with E-state index in [-0.39, 0.29) is 18.3 Å². The van der Waals surface area contributed by atoms with Crippen molar-refractivity contribution in [2.24, 2.45) is 0 Å². The van der Waals surface area contributed by atoms with E-state index in [1.54, 1.807) is 7.11 Å². The third-order valence-corrected chi connectivity index (χ3v) is 4.54. The standard InChI is InChI=1S/C19H30N2O2.ClH/c1-23-18-11-8-16(9-12-18)10-13-19(22)21-15-14-20-17-6-4-2-3-5-7-17;/h8-9,11-12,17,20H,2-7,10,13-15H2,1H3,(H,21,22);1H. The predicted molar refractivity (Wildman–Crippen MR) is 101 cm³/mol. The lowest BCUT2D eigenvalue weighted by atomic mass is 10.1. The molecular formula is C19H31ClN2O2. The predicted octanol–water partition coefficient (Wildman–Crippen LogP) is 3.48. The molecule has 1 fully saturated rings. The van der Waals surface area contributed by atoms with E-state index in [9.17, 15) is 4.79 Å². The second-order valence-corrected chi connectivity index (χ2v) is 6.34. The first kappa shape index (κ1) is 20.8. The number of methoxy groups -OCH3 is 1. The molecule has 2 rings (SSSR count). The summed E-state index contributed by atoms with van der Waals surface area (Å²) in [6.45, 7) is 1.59. The van der Waals surface area contributed by atoms with E-state index in [1.807, 2.05) is 24.3 Å². The maximum atomic E-state index is 11.9. The van der Waals surface area contributed by atoms with Crippen LogP contribution in [-0.4, -0.2) is 32.1 Å². The zero-order valence-corrected chi connectivity index (χ0v) is 15.5. The molecule has 0 heterocycles. The number of carbonyl (C=O) groups is 1. The molecule has 0 bridgehead atoms. The third kappa shape index (κ3) is 8.02. The third-order valence-electron chi connectivity index (χ3n) is 4.54. The van der Waals surface area contributed by atoms with Gasteiger partial charge in [0, 0.05) is 25.6 Å². The molecule has 1 amide bonds. The molecule has 0 unspecified atom stereocenters. The van der Waals surface area contributed by atoms with Crippen molar-refractivity contribution in [3.63, 3.8) is 0 Å². The van der Waals surface area contributed by atoms with Gasteiger partial charge in [0.1, 0.15) is 5.75 Å². The van der Waals surface area contributed by atoms with Gasteiger partial charge in [-0.25, -0.2) is 0 Å². The molecule has 24 heavy (non-hydrogen) atoms. The zero-order valence-electron chi connectivity index (χ0n) is 14.7. The number of nitrogens with one attached hydrogen (secondary N) is 2. The Morgan fingerprint density at radius 2 is 1.75 bits per heavy atom. The molecule has 1 aromatic carbocycles. The summed E-state index contributed by atoms with van der Waals surface area (Å²) < 4.78 is 5.13. The summed E-state index contributed by atoms with van der Waals surface area (Å²) >= 11 is 0. The Morgan fingerprint density at radius 3 is 2.38 bits per heavy atom. The highest BCUT2D eigenvalue weighted by molar-refractivity contribution is 5.85. The van der Waals surface area contributed by atoms with Crippen LogP contribution in [0.4, 0.5) is 0 Å². The molecule has 136 valence electrons. The van der Waals surface area contributed by atoms with Gasteiger partial charge >= 0.3 is 0 Å². The van der Waals surface area contributed by atoms with Crippen molar-refractivity contribution in [3.8, 4) is 5.75 Å². The van der Waals surface area contributed by atoms with Gasteiger partial charge in [-0.3, -0.25) is 4.79 Å². The molecule has 1 aliphatic carbocycles. The van der Waals surface area contributed by atoms with Crippen LogP contribution in [-0.2, 0) is 11.2 Å². The fourth-order valence-corrected chi connectivity index (χ4v) is 3.10. The van der Waals surface area contributed by atoms with E-state index in [0.29, 0.717) is 12.5 Å². The number of hydrogen-bond donors (Lipinski definition) is 2. The van der Waals surface area contributed by atoms with E-state index < -0.39 is 0 Å². The minimum Gasteiger partial charge on any atom is -0.497 e. The van der Waals surface area contributed by atoms with Crippen LogP contribution >= 0.6 is 12.4 Å². The van der Waals surface area contributed by atoms with E-state index in [2.05, 4.69) is 10.6 Å². The second-order valence-electron chi connectivity index (χ2n) is 6.34. The largest absolute Gasteiger partial charge is 0.497 e. The molecule has 0 radical (unpaired) electrons. The van der Waals surface area contributed by atoms with Gasteiger partial charge in [-0.15, -0.1) is 12.4 Å². The summed E-state index contributed by atoms with van der Waals surface area (Å²) in [7, 11) is 1.66. The molecular weight excluding hydrogens is 324 g/mol. The Balaban J connectivity index is 0.00000288. The summed E-state index contributed by atoms with van der Waals surface area (Å²) in [5.74, 6) is 0.978. The number of ether oxygens (including phenoxy) is 1.